The molecule has 0 saturated carbocycles. The molecule has 5 aromatic rings. The number of pyridine rings is 1. The summed E-state index contributed by atoms with van der Waals surface area (Å²) in [6.07, 6.45) is 3.77. The van der Waals surface area contributed by atoms with Crippen LogP contribution in [-0.2, 0) is 17.6 Å². The average Bonchev–Trinajstić information content (AvgIpc) is 3.54. The smallest absolute Gasteiger partial charge is 0.341 e. The second kappa shape index (κ2) is 11.6. The zero-order valence-electron chi connectivity index (χ0n) is 23.7. The second-order valence-corrected chi connectivity index (χ2v) is 12.4. The van der Waals surface area contributed by atoms with Gasteiger partial charge in [-0.3, -0.25) is 4.79 Å². The quantitative estimate of drug-likeness (QED) is 0.185. The molecule has 0 fully saturated rings. The van der Waals surface area contributed by atoms with Crippen LogP contribution < -0.4 is 15.8 Å². The number of hydrogen-bond acceptors (Lipinski definition) is 8. The summed E-state index contributed by atoms with van der Waals surface area (Å²) < 4.78 is 10.7. The number of aromatic nitrogens is 1. The van der Waals surface area contributed by atoms with Crippen LogP contribution in [0.4, 0.5) is 10.7 Å². The van der Waals surface area contributed by atoms with Gasteiger partial charge in [-0.25, -0.2) is 9.78 Å². The number of esters is 1. The maximum absolute atomic E-state index is 13.8. The first-order valence-electron chi connectivity index (χ1n) is 14.0. The van der Waals surface area contributed by atoms with Crippen LogP contribution >= 0.6 is 22.7 Å². The van der Waals surface area contributed by atoms with Crippen molar-refractivity contribution in [3.63, 3.8) is 0 Å². The Morgan fingerprint density at radius 2 is 1.71 bits per heavy atom. The van der Waals surface area contributed by atoms with Crippen LogP contribution in [0.25, 0.3) is 32.6 Å². The molecule has 1 aliphatic carbocycles. The van der Waals surface area contributed by atoms with Gasteiger partial charge < -0.3 is 20.5 Å². The number of nitrogens with two attached hydrogens (primary N) is 1. The summed E-state index contributed by atoms with van der Waals surface area (Å²) in [5.74, 6) is -0.0165. The fourth-order valence-electron chi connectivity index (χ4n) is 5.39. The number of carbonyl (C=O) groups excluding carboxylic acids is 2. The Morgan fingerprint density at radius 3 is 2.43 bits per heavy atom. The highest BCUT2D eigenvalue weighted by Gasteiger charge is 2.29. The minimum atomic E-state index is -0.400. The van der Waals surface area contributed by atoms with Crippen molar-refractivity contribution in [2.45, 2.75) is 39.5 Å². The van der Waals surface area contributed by atoms with Crippen LogP contribution in [0.1, 0.15) is 55.8 Å². The molecule has 214 valence electrons. The van der Waals surface area contributed by atoms with E-state index in [9.17, 15) is 9.59 Å². The Hall–Kier alpha value is -4.21. The molecule has 6 rings (SSSR count). The summed E-state index contributed by atoms with van der Waals surface area (Å²) in [7, 11) is 1.63. The zero-order valence-corrected chi connectivity index (χ0v) is 25.3. The first-order valence-corrected chi connectivity index (χ1v) is 15.6. The molecule has 0 aliphatic heterocycles. The Kier molecular flexibility index (Phi) is 7.70. The molecule has 0 saturated heterocycles. The molecule has 1 amide bonds. The molecule has 3 N–H and O–H groups in total. The highest BCUT2D eigenvalue weighted by molar-refractivity contribution is 7.21. The summed E-state index contributed by atoms with van der Waals surface area (Å²) in [5, 5.41) is 4.26. The molecule has 7 nitrogen and oxygen atoms in total. The van der Waals surface area contributed by atoms with Gasteiger partial charge in [-0.15, -0.1) is 22.7 Å². The predicted molar refractivity (Wildman–Crippen MR) is 171 cm³/mol. The number of rotatable bonds is 7. The molecular weight excluding hydrogens is 567 g/mol. The molecule has 42 heavy (non-hydrogen) atoms. The number of thiophene rings is 2. The van der Waals surface area contributed by atoms with Gasteiger partial charge in [0.15, 0.2) is 0 Å². The molecule has 0 atom stereocenters. The van der Waals surface area contributed by atoms with Gasteiger partial charge in [-0.2, -0.15) is 0 Å². The lowest BCUT2D eigenvalue weighted by molar-refractivity contribution is 0.0526. The number of hydrogen-bond donors (Lipinski definition) is 2. The van der Waals surface area contributed by atoms with E-state index in [1.54, 1.807) is 14.0 Å². The summed E-state index contributed by atoms with van der Waals surface area (Å²) in [4.78, 5) is 33.9. The first kappa shape index (κ1) is 27.9. The number of amides is 1. The summed E-state index contributed by atoms with van der Waals surface area (Å²) in [5.41, 5.74) is 13.3. The van der Waals surface area contributed by atoms with Crippen molar-refractivity contribution in [3.8, 4) is 28.1 Å². The maximum atomic E-state index is 13.8. The van der Waals surface area contributed by atoms with Crippen LogP contribution in [0, 0.1) is 6.92 Å². The summed E-state index contributed by atoms with van der Waals surface area (Å²) >= 11 is 2.71. The van der Waals surface area contributed by atoms with Crippen LogP contribution in [-0.4, -0.2) is 30.6 Å². The third kappa shape index (κ3) is 5.14. The van der Waals surface area contributed by atoms with Gasteiger partial charge in [-0.05, 0) is 74.4 Å². The number of benzene rings is 2. The van der Waals surface area contributed by atoms with Gasteiger partial charge >= 0.3 is 5.97 Å². The van der Waals surface area contributed by atoms with E-state index in [1.165, 1.54) is 22.7 Å². The van der Waals surface area contributed by atoms with E-state index in [0.717, 1.165) is 75.2 Å². The number of fused-ring (bicyclic) bond motifs is 2. The van der Waals surface area contributed by atoms with Crippen molar-refractivity contribution in [2.24, 2.45) is 0 Å². The molecule has 0 spiro atoms. The molecular formula is C33H31N3O4S2. The van der Waals surface area contributed by atoms with Crippen LogP contribution in [0.5, 0.6) is 5.75 Å². The van der Waals surface area contributed by atoms with Gasteiger partial charge in [0.2, 0.25) is 0 Å². The second-order valence-electron chi connectivity index (χ2n) is 10.3. The third-order valence-corrected chi connectivity index (χ3v) is 9.84. The number of anilines is 2. The van der Waals surface area contributed by atoms with Crippen LogP contribution in [0.2, 0.25) is 0 Å². The monoisotopic (exact) mass is 597 g/mol. The van der Waals surface area contributed by atoms with E-state index >= 15 is 0 Å². The number of ether oxygens (including phenoxy) is 2. The van der Waals surface area contributed by atoms with Gasteiger partial charge in [0.05, 0.1) is 30.7 Å². The number of aryl methyl sites for hydroxylation is 2. The van der Waals surface area contributed by atoms with Crippen molar-refractivity contribution < 1.29 is 19.1 Å². The lowest BCUT2D eigenvalue weighted by atomic mass is 9.95. The number of nitrogen functional groups attached to an aromatic ring is 1. The standard InChI is InChI=1S/C33H31N3O4S2/c1-4-40-33(38)27-22-7-5-6-8-25(22)41-32(27)36-30(37)29-28(34)26-23(19-13-15-21(39-3)16-14-19)17-24(35-31(26)42-29)20-11-9-18(2)10-12-20/h9-17H,4-8,34H2,1-3H3,(H,36,37). The normalized spacial score (nSPS) is 12.6. The van der Waals surface area contributed by atoms with E-state index in [0.29, 0.717) is 26.0 Å². The Bertz CT molecular complexity index is 1800. The van der Waals surface area contributed by atoms with Crippen molar-refractivity contribution in [3.05, 3.63) is 81.0 Å². The number of nitrogens with zero attached hydrogens (tertiary/aromatic N) is 1. The van der Waals surface area contributed by atoms with Crippen molar-refractivity contribution in [1.29, 1.82) is 0 Å². The van der Waals surface area contributed by atoms with Gasteiger partial charge in [-0.1, -0.05) is 42.0 Å². The molecule has 9 heteroatoms. The molecule has 0 radical (unpaired) electrons. The highest BCUT2D eigenvalue weighted by Crippen LogP contribution is 2.43. The minimum absolute atomic E-state index is 0.267. The van der Waals surface area contributed by atoms with E-state index in [4.69, 9.17) is 20.2 Å². The maximum Gasteiger partial charge on any atom is 0.341 e. The predicted octanol–water partition coefficient (Wildman–Crippen LogP) is 7.90. The minimum Gasteiger partial charge on any atom is -0.497 e. The van der Waals surface area contributed by atoms with E-state index in [-0.39, 0.29) is 12.5 Å². The lowest BCUT2D eigenvalue weighted by Gasteiger charge is -2.12. The fraction of sp³-hybridized carbons (Fsp3) is 0.242. The SMILES string of the molecule is CCOC(=O)c1c(NC(=O)c2sc3nc(-c4ccc(C)cc4)cc(-c4ccc(OC)cc4)c3c2N)sc2c1CCCC2. The molecule has 0 bridgehead atoms. The van der Waals surface area contributed by atoms with Crippen LogP contribution in [0.3, 0.4) is 0 Å². The zero-order chi connectivity index (χ0) is 29.4. The summed E-state index contributed by atoms with van der Waals surface area (Å²) in [6, 6.07) is 18.0. The van der Waals surface area contributed by atoms with E-state index in [2.05, 4.69) is 17.4 Å². The summed E-state index contributed by atoms with van der Waals surface area (Å²) in [6.45, 7) is 4.10. The first-order chi connectivity index (χ1) is 20.4. The van der Waals surface area contributed by atoms with Crippen molar-refractivity contribution in [1.82, 2.24) is 4.98 Å². The molecule has 0 unspecified atom stereocenters. The highest BCUT2D eigenvalue weighted by atomic mass is 32.1. The number of nitrogens with one attached hydrogen (secondary N) is 1. The Balaban J connectivity index is 1.46. The topological polar surface area (TPSA) is 104 Å². The van der Waals surface area contributed by atoms with Crippen LogP contribution in [0.15, 0.2) is 54.6 Å². The molecule has 2 aromatic carbocycles. The molecule has 1 aliphatic rings. The Morgan fingerprint density at radius 1 is 1.00 bits per heavy atom. The van der Waals surface area contributed by atoms with Crippen molar-refractivity contribution in [2.75, 3.05) is 24.8 Å². The van der Waals surface area contributed by atoms with E-state index < -0.39 is 5.97 Å². The van der Waals surface area contributed by atoms with Gasteiger partial charge in [0.25, 0.3) is 5.91 Å². The third-order valence-electron chi connectivity index (χ3n) is 7.53. The fourth-order valence-corrected chi connectivity index (χ4v) is 7.68. The largest absolute Gasteiger partial charge is 0.497 e. The van der Waals surface area contributed by atoms with E-state index in [1.807, 2.05) is 49.4 Å². The molecule has 3 aromatic heterocycles. The van der Waals surface area contributed by atoms with Gasteiger partial charge in [0.1, 0.15) is 20.5 Å². The Labute approximate surface area is 252 Å². The average molecular weight is 598 g/mol. The number of methoxy groups -OCH3 is 1. The lowest BCUT2D eigenvalue weighted by Crippen LogP contribution is -2.15. The van der Waals surface area contributed by atoms with Crippen molar-refractivity contribution >= 4 is 55.5 Å². The number of carbonyl (C=O) groups is 2. The van der Waals surface area contributed by atoms with Gasteiger partial charge in [0, 0.05) is 15.8 Å². The molecule has 3 heterocycles.